The van der Waals surface area contributed by atoms with E-state index < -0.39 is 0 Å². The zero-order valence-corrected chi connectivity index (χ0v) is 11.3. The van der Waals surface area contributed by atoms with Crippen molar-refractivity contribution in [3.8, 4) is 11.5 Å². The topological polar surface area (TPSA) is 30.5 Å². The van der Waals surface area contributed by atoms with Gasteiger partial charge in [-0.15, -0.1) is 0 Å². The van der Waals surface area contributed by atoms with Crippen LogP contribution in [0.3, 0.4) is 0 Å². The Labute approximate surface area is 118 Å². The van der Waals surface area contributed by atoms with E-state index in [1.807, 2.05) is 12.1 Å². The monoisotopic (exact) mass is 267 g/mol. The van der Waals surface area contributed by atoms with E-state index in [0.29, 0.717) is 12.2 Å². The van der Waals surface area contributed by atoms with Gasteiger partial charge >= 0.3 is 0 Å². The fourth-order valence-corrected chi connectivity index (χ4v) is 2.79. The van der Waals surface area contributed by atoms with Crippen molar-refractivity contribution in [1.82, 2.24) is 0 Å². The molecule has 2 aliphatic rings. The van der Waals surface area contributed by atoms with Gasteiger partial charge in [0, 0.05) is 23.7 Å². The SMILES string of the molecule is c1ccc(C2(CNc3ccc4c(c3)OCO4)CC2)cc1. The van der Waals surface area contributed by atoms with Crippen LogP contribution in [-0.4, -0.2) is 13.3 Å². The molecule has 0 unspecified atom stereocenters. The highest BCUT2D eigenvalue weighted by molar-refractivity contribution is 5.56. The van der Waals surface area contributed by atoms with Crippen LogP contribution in [0.1, 0.15) is 18.4 Å². The van der Waals surface area contributed by atoms with Gasteiger partial charge in [0.1, 0.15) is 0 Å². The first-order chi connectivity index (χ1) is 9.86. The normalized spacial score (nSPS) is 17.8. The van der Waals surface area contributed by atoms with Crippen LogP contribution in [0, 0.1) is 0 Å². The third-order valence-corrected chi connectivity index (χ3v) is 4.24. The highest BCUT2D eigenvalue weighted by Gasteiger charge is 2.43. The summed E-state index contributed by atoms with van der Waals surface area (Å²) in [5, 5.41) is 3.54. The summed E-state index contributed by atoms with van der Waals surface area (Å²) >= 11 is 0. The minimum absolute atomic E-state index is 0.317. The fraction of sp³-hybridized carbons (Fsp3) is 0.294. The second kappa shape index (κ2) is 4.44. The Balaban J connectivity index is 1.48. The van der Waals surface area contributed by atoms with Crippen molar-refractivity contribution in [3.05, 3.63) is 54.1 Å². The summed E-state index contributed by atoms with van der Waals surface area (Å²) in [4.78, 5) is 0. The van der Waals surface area contributed by atoms with Crippen LogP contribution in [0.25, 0.3) is 0 Å². The summed E-state index contributed by atoms with van der Waals surface area (Å²) < 4.78 is 10.7. The van der Waals surface area contributed by atoms with E-state index in [0.717, 1.165) is 23.7 Å². The lowest BCUT2D eigenvalue weighted by Gasteiger charge is -2.17. The first-order valence-electron chi connectivity index (χ1n) is 7.05. The van der Waals surface area contributed by atoms with Crippen molar-refractivity contribution in [1.29, 1.82) is 0 Å². The lowest BCUT2D eigenvalue weighted by atomic mass is 9.96. The number of hydrogen-bond donors (Lipinski definition) is 1. The molecule has 3 heteroatoms. The van der Waals surface area contributed by atoms with Gasteiger partial charge in [-0.1, -0.05) is 30.3 Å². The highest BCUT2D eigenvalue weighted by Crippen LogP contribution is 2.48. The van der Waals surface area contributed by atoms with Crippen molar-refractivity contribution in [2.45, 2.75) is 18.3 Å². The summed E-state index contributed by atoms with van der Waals surface area (Å²) in [5.41, 5.74) is 2.85. The zero-order chi connectivity index (χ0) is 13.4. The van der Waals surface area contributed by atoms with Crippen molar-refractivity contribution >= 4 is 5.69 Å². The summed E-state index contributed by atoms with van der Waals surface area (Å²) in [5.74, 6) is 1.67. The van der Waals surface area contributed by atoms with Crippen LogP contribution < -0.4 is 14.8 Å². The number of rotatable bonds is 4. The third kappa shape index (κ3) is 1.99. The minimum atomic E-state index is 0.317. The van der Waals surface area contributed by atoms with E-state index in [1.54, 1.807) is 0 Å². The van der Waals surface area contributed by atoms with Gasteiger partial charge in [0.15, 0.2) is 11.5 Å². The van der Waals surface area contributed by atoms with Gasteiger partial charge in [-0.05, 0) is 30.5 Å². The molecule has 0 amide bonds. The number of nitrogens with one attached hydrogen (secondary N) is 1. The Morgan fingerprint density at radius 2 is 1.75 bits per heavy atom. The molecule has 3 nitrogen and oxygen atoms in total. The Bertz CT molecular complexity index is 620. The molecule has 1 N–H and O–H groups in total. The molecule has 0 saturated heterocycles. The number of benzene rings is 2. The number of fused-ring (bicyclic) bond motifs is 1. The van der Waals surface area contributed by atoms with Crippen LogP contribution in [0.4, 0.5) is 5.69 Å². The molecule has 0 aromatic heterocycles. The highest BCUT2D eigenvalue weighted by atomic mass is 16.7. The van der Waals surface area contributed by atoms with Gasteiger partial charge in [-0.25, -0.2) is 0 Å². The number of hydrogen-bond acceptors (Lipinski definition) is 3. The second-order valence-electron chi connectivity index (χ2n) is 5.57. The maximum absolute atomic E-state index is 5.41. The average molecular weight is 267 g/mol. The van der Waals surface area contributed by atoms with Crippen molar-refractivity contribution in [2.24, 2.45) is 0 Å². The number of anilines is 1. The summed E-state index contributed by atoms with van der Waals surface area (Å²) in [7, 11) is 0. The van der Waals surface area contributed by atoms with E-state index >= 15 is 0 Å². The zero-order valence-electron chi connectivity index (χ0n) is 11.3. The van der Waals surface area contributed by atoms with Gasteiger partial charge in [0.25, 0.3) is 0 Å². The molecule has 0 radical (unpaired) electrons. The smallest absolute Gasteiger partial charge is 0.231 e. The molecule has 2 aromatic rings. The Kier molecular flexibility index (Phi) is 2.59. The molecule has 0 bridgehead atoms. The Morgan fingerprint density at radius 1 is 0.950 bits per heavy atom. The van der Waals surface area contributed by atoms with E-state index in [1.165, 1.54) is 18.4 Å². The van der Waals surface area contributed by atoms with Crippen molar-refractivity contribution < 1.29 is 9.47 Å². The summed E-state index contributed by atoms with van der Waals surface area (Å²) in [6.07, 6.45) is 2.52. The lowest BCUT2D eigenvalue weighted by molar-refractivity contribution is 0.174. The van der Waals surface area contributed by atoms with Crippen LogP contribution in [0.5, 0.6) is 11.5 Å². The van der Waals surface area contributed by atoms with Crippen molar-refractivity contribution in [2.75, 3.05) is 18.7 Å². The molecule has 1 aliphatic carbocycles. The maximum Gasteiger partial charge on any atom is 0.231 e. The van der Waals surface area contributed by atoms with E-state index in [9.17, 15) is 0 Å². The lowest BCUT2D eigenvalue weighted by Crippen LogP contribution is -2.19. The van der Waals surface area contributed by atoms with E-state index in [2.05, 4.69) is 41.7 Å². The standard InChI is InChI=1S/C17H17NO2/c1-2-4-13(5-3-1)17(8-9-17)11-18-14-6-7-15-16(10-14)20-12-19-15/h1-7,10,18H,8-9,11-12H2. The molecule has 1 fully saturated rings. The predicted molar refractivity (Wildman–Crippen MR) is 78.4 cm³/mol. The second-order valence-corrected chi connectivity index (χ2v) is 5.57. The maximum atomic E-state index is 5.41. The van der Waals surface area contributed by atoms with E-state index in [-0.39, 0.29) is 0 Å². The molecule has 1 aliphatic heterocycles. The molecule has 2 aromatic carbocycles. The molecular weight excluding hydrogens is 250 g/mol. The molecule has 102 valence electrons. The molecule has 0 atom stereocenters. The Morgan fingerprint density at radius 3 is 2.55 bits per heavy atom. The summed E-state index contributed by atoms with van der Waals surface area (Å²) in [6.45, 7) is 1.30. The van der Waals surface area contributed by atoms with Crippen molar-refractivity contribution in [3.63, 3.8) is 0 Å². The summed E-state index contributed by atoms with van der Waals surface area (Å²) in [6, 6.07) is 16.8. The van der Waals surface area contributed by atoms with Gasteiger partial charge in [0.2, 0.25) is 6.79 Å². The molecule has 20 heavy (non-hydrogen) atoms. The van der Waals surface area contributed by atoms with Crippen LogP contribution in [0.15, 0.2) is 48.5 Å². The predicted octanol–water partition coefficient (Wildman–Crippen LogP) is 3.56. The van der Waals surface area contributed by atoms with Crippen LogP contribution in [0.2, 0.25) is 0 Å². The third-order valence-electron chi connectivity index (χ3n) is 4.24. The molecule has 1 heterocycles. The van der Waals surface area contributed by atoms with Gasteiger partial charge < -0.3 is 14.8 Å². The van der Waals surface area contributed by atoms with E-state index in [4.69, 9.17) is 9.47 Å². The van der Waals surface area contributed by atoms with Crippen LogP contribution in [-0.2, 0) is 5.41 Å². The van der Waals surface area contributed by atoms with Crippen LogP contribution >= 0.6 is 0 Å². The van der Waals surface area contributed by atoms with Gasteiger partial charge in [0.05, 0.1) is 0 Å². The fourth-order valence-electron chi connectivity index (χ4n) is 2.79. The average Bonchev–Trinajstić information content (AvgIpc) is 3.16. The number of ether oxygens (including phenoxy) is 2. The molecule has 4 rings (SSSR count). The molecule has 0 spiro atoms. The van der Waals surface area contributed by atoms with Gasteiger partial charge in [-0.3, -0.25) is 0 Å². The quantitative estimate of drug-likeness (QED) is 0.918. The largest absolute Gasteiger partial charge is 0.454 e. The first-order valence-corrected chi connectivity index (χ1v) is 7.05. The van der Waals surface area contributed by atoms with Gasteiger partial charge in [-0.2, -0.15) is 0 Å². The molecular formula is C17H17NO2. The Hall–Kier alpha value is -2.16. The minimum Gasteiger partial charge on any atom is -0.454 e. The first kappa shape index (κ1) is 11.6. The molecule has 1 saturated carbocycles.